The van der Waals surface area contributed by atoms with Crippen LogP contribution in [0.4, 0.5) is 0 Å². The molecule has 118 valence electrons. The van der Waals surface area contributed by atoms with Crippen LogP contribution < -0.4 is 0 Å². The van der Waals surface area contributed by atoms with E-state index in [0.717, 1.165) is 16.3 Å². The molecular formula is C18H25NOSSi. The van der Waals surface area contributed by atoms with Crippen LogP contribution in [0.3, 0.4) is 0 Å². The Hall–Kier alpha value is -1.26. The van der Waals surface area contributed by atoms with Crippen LogP contribution in [-0.4, -0.2) is 14.0 Å². The van der Waals surface area contributed by atoms with Crippen molar-refractivity contribution in [3.8, 4) is 0 Å². The molecule has 0 saturated carbocycles. The number of nitrogens with zero attached hydrogens (tertiary/aromatic N) is 1. The van der Waals surface area contributed by atoms with E-state index in [4.69, 9.17) is 9.41 Å². The summed E-state index contributed by atoms with van der Waals surface area (Å²) in [6.45, 7) is 13.2. The Morgan fingerprint density at radius 3 is 2.41 bits per heavy atom. The number of para-hydroxylation sites is 1. The molecule has 4 heteroatoms. The minimum absolute atomic E-state index is 0.0470. The van der Waals surface area contributed by atoms with Crippen molar-refractivity contribution in [2.24, 2.45) is 5.41 Å². The van der Waals surface area contributed by atoms with Gasteiger partial charge in [-0.1, -0.05) is 56.8 Å². The Morgan fingerprint density at radius 2 is 1.77 bits per heavy atom. The topological polar surface area (TPSA) is 22.1 Å². The second-order valence-electron chi connectivity index (χ2n) is 6.75. The third kappa shape index (κ3) is 4.37. The van der Waals surface area contributed by atoms with Crippen molar-refractivity contribution in [1.82, 2.24) is 4.98 Å². The number of hydrogen-bond acceptors (Lipinski definition) is 3. The van der Waals surface area contributed by atoms with Gasteiger partial charge in [-0.3, -0.25) is 0 Å². The molecule has 0 aliphatic rings. The summed E-state index contributed by atoms with van der Waals surface area (Å²) < 4.78 is 6.07. The molecule has 0 aliphatic carbocycles. The predicted molar refractivity (Wildman–Crippen MR) is 99.7 cm³/mol. The lowest BCUT2D eigenvalue weighted by Crippen LogP contribution is -2.14. The zero-order valence-corrected chi connectivity index (χ0v) is 16.3. The number of hydrogen-bond donors (Lipinski definition) is 0. The molecule has 1 aromatic carbocycles. The Labute approximate surface area is 139 Å². The fourth-order valence-electron chi connectivity index (χ4n) is 2.37. The quantitative estimate of drug-likeness (QED) is 0.413. The second kappa shape index (κ2) is 6.88. The van der Waals surface area contributed by atoms with Gasteiger partial charge in [-0.15, -0.1) is 0 Å². The van der Waals surface area contributed by atoms with Gasteiger partial charge in [0.25, 0.3) is 0 Å². The van der Waals surface area contributed by atoms with Gasteiger partial charge in [0.15, 0.2) is 0 Å². The number of benzene rings is 1. The zero-order valence-electron chi connectivity index (χ0n) is 14.3. The molecule has 2 rings (SSSR count). The van der Waals surface area contributed by atoms with Gasteiger partial charge >= 0.3 is 0 Å². The van der Waals surface area contributed by atoms with Gasteiger partial charge in [-0.25, -0.2) is 4.98 Å². The van der Waals surface area contributed by atoms with Crippen molar-refractivity contribution in [3.63, 3.8) is 0 Å². The van der Waals surface area contributed by atoms with Gasteiger partial charge in [-0.2, -0.15) is 0 Å². The van der Waals surface area contributed by atoms with E-state index >= 15 is 0 Å². The van der Waals surface area contributed by atoms with Crippen molar-refractivity contribution < 1.29 is 4.43 Å². The lowest BCUT2D eigenvalue weighted by Gasteiger charge is -2.26. The summed E-state index contributed by atoms with van der Waals surface area (Å²) in [6, 6.07) is 12.5. The number of pyridine rings is 1. The summed E-state index contributed by atoms with van der Waals surface area (Å²) in [7, 11) is -1.10. The number of allylic oxidation sites excluding steroid dienone is 2. The van der Waals surface area contributed by atoms with Crippen molar-refractivity contribution in [2.75, 3.05) is 0 Å². The molecule has 22 heavy (non-hydrogen) atoms. The van der Waals surface area contributed by atoms with Crippen LogP contribution in [0, 0.1) is 5.41 Å². The first-order valence-electron chi connectivity index (χ1n) is 7.69. The molecule has 0 unspecified atom stereocenters. The first kappa shape index (κ1) is 17.1. The highest BCUT2D eigenvalue weighted by Crippen LogP contribution is 2.41. The summed E-state index contributed by atoms with van der Waals surface area (Å²) in [5.41, 5.74) is 1.09. The SMILES string of the molecule is CC(O[SiH](C)C)=C(Sc1ccc2ccccc2n1)C(C)(C)C. The molecule has 0 amide bonds. The van der Waals surface area contributed by atoms with Crippen LogP contribution in [0.2, 0.25) is 13.1 Å². The third-order valence-electron chi connectivity index (χ3n) is 3.19. The molecule has 0 saturated heterocycles. The molecule has 1 aromatic heterocycles. The number of thioether (sulfide) groups is 1. The zero-order chi connectivity index (χ0) is 16.3. The highest BCUT2D eigenvalue weighted by molar-refractivity contribution is 8.03. The number of rotatable bonds is 4. The van der Waals surface area contributed by atoms with E-state index in [1.807, 2.05) is 12.1 Å². The summed E-state index contributed by atoms with van der Waals surface area (Å²) in [6.07, 6.45) is 0. The minimum Gasteiger partial charge on any atom is -0.549 e. The maximum absolute atomic E-state index is 6.07. The predicted octanol–water partition coefficient (Wildman–Crippen LogP) is 5.60. The van der Waals surface area contributed by atoms with Crippen LogP contribution in [0.5, 0.6) is 0 Å². The van der Waals surface area contributed by atoms with Crippen LogP contribution >= 0.6 is 11.8 Å². The summed E-state index contributed by atoms with van der Waals surface area (Å²) >= 11 is 1.73. The largest absolute Gasteiger partial charge is 0.549 e. The Kier molecular flexibility index (Phi) is 5.35. The smallest absolute Gasteiger partial charge is 0.229 e. The first-order valence-corrected chi connectivity index (χ1v) is 11.3. The van der Waals surface area contributed by atoms with Crippen LogP contribution in [0.15, 0.2) is 52.1 Å². The maximum Gasteiger partial charge on any atom is 0.229 e. The lowest BCUT2D eigenvalue weighted by atomic mass is 9.95. The van der Waals surface area contributed by atoms with Crippen molar-refractivity contribution in [2.45, 2.75) is 45.8 Å². The van der Waals surface area contributed by atoms with Crippen LogP contribution in [0.1, 0.15) is 27.7 Å². The molecule has 0 fully saturated rings. The number of aromatic nitrogens is 1. The van der Waals surface area contributed by atoms with Gasteiger partial charge in [0.2, 0.25) is 9.04 Å². The normalized spacial score (nSPS) is 13.4. The molecule has 0 spiro atoms. The molecule has 0 aliphatic heterocycles. The molecule has 2 nitrogen and oxygen atoms in total. The fraction of sp³-hybridized carbons (Fsp3) is 0.389. The third-order valence-corrected chi connectivity index (χ3v) is 5.56. The number of fused-ring (bicyclic) bond motifs is 1. The molecule has 1 heterocycles. The lowest BCUT2D eigenvalue weighted by molar-refractivity contribution is 0.413. The van der Waals surface area contributed by atoms with E-state index in [9.17, 15) is 0 Å². The van der Waals surface area contributed by atoms with Gasteiger partial charge in [-0.05, 0) is 37.6 Å². The molecule has 2 aromatic rings. The average Bonchev–Trinajstić information content (AvgIpc) is 2.42. The summed E-state index contributed by atoms with van der Waals surface area (Å²) in [4.78, 5) is 6.04. The maximum atomic E-state index is 6.07. The van der Waals surface area contributed by atoms with Crippen LogP contribution in [-0.2, 0) is 4.43 Å². The molecule has 0 atom stereocenters. The van der Waals surface area contributed by atoms with E-state index in [0.29, 0.717) is 0 Å². The highest BCUT2D eigenvalue weighted by atomic mass is 32.2. The van der Waals surface area contributed by atoms with Gasteiger partial charge in [0, 0.05) is 10.3 Å². The van der Waals surface area contributed by atoms with E-state index in [-0.39, 0.29) is 5.41 Å². The second-order valence-corrected chi connectivity index (χ2v) is 10.1. The first-order chi connectivity index (χ1) is 10.3. The molecular weight excluding hydrogens is 306 g/mol. The van der Waals surface area contributed by atoms with E-state index in [1.165, 1.54) is 10.3 Å². The fourth-order valence-corrected chi connectivity index (χ4v) is 4.27. The molecule has 0 bridgehead atoms. The molecule has 0 N–H and O–H groups in total. The van der Waals surface area contributed by atoms with E-state index < -0.39 is 9.04 Å². The van der Waals surface area contributed by atoms with Crippen LogP contribution in [0.25, 0.3) is 10.9 Å². The van der Waals surface area contributed by atoms with Crippen molar-refractivity contribution in [3.05, 3.63) is 47.1 Å². The minimum atomic E-state index is -1.10. The monoisotopic (exact) mass is 331 g/mol. The van der Waals surface area contributed by atoms with Crippen molar-refractivity contribution >= 4 is 31.7 Å². The van der Waals surface area contributed by atoms with E-state index in [1.54, 1.807) is 11.8 Å². The average molecular weight is 332 g/mol. The Morgan fingerprint density at radius 1 is 1.09 bits per heavy atom. The Bertz CT molecular complexity index is 689. The highest BCUT2D eigenvalue weighted by Gasteiger charge is 2.23. The summed E-state index contributed by atoms with van der Waals surface area (Å²) in [5.74, 6) is 1.05. The van der Waals surface area contributed by atoms with Gasteiger partial charge in [0.05, 0.1) is 11.3 Å². The van der Waals surface area contributed by atoms with Gasteiger partial charge < -0.3 is 4.43 Å². The summed E-state index contributed by atoms with van der Waals surface area (Å²) in [5, 5.41) is 2.20. The van der Waals surface area contributed by atoms with E-state index in [2.05, 4.69) is 65.1 Å². The standard InChI is InChI=1S/C18H25NOSSi/c1-13(20-22(5)6)17(18(2,3)4)21-16-12-11-14-9-7-8-10-15(14)19-16/h7-12,22H,1-6H3. The van der Waals surface area contributed by atoms with Gasteiger partial charge in [0.1, 0.15) is 5.03 Å². The Balaban J connectivity index is 2.37. The molecule has 0 radical (unpaired) electrons. The van der Waals surface area contributed by atoms with Crippen molar-refractivity contribution in [1.29, 1.82) is 0 Å².